The third kappa shape index (κ3) is 7.59. The van der Waals surface area contributed by atoms with Gasteiger partial charge >= 0.3 is 12.1 Å². The number of aryl methyl sites for hydroxylation is 1. The number of aromatic hydroxyl groups is 1. The van der Waals surface area contributed by atoms with Crippen LogP contribution in [0.15, 0.2) is 30.5 Å². The highest BCUT2D eigenvalue weighted by Crippen LogP contribution is 2.42. The maximum Gasteiger partial charge on any atom is 0.434 e. The molecular formula is C40H49F3N6O5. The Bertz CT molecular complexity index is 2080. The average Bonchev–Trinajstić information content (AvgIpc) is 3.62. The number of rotatable bonds is 9. The third-order valence-corrected chi connectivity index (χ3v) is 10.6. The van der Waals surface area contributed by atoms with Gasteiger partial charge in [-0.05, 0) is 92.4 Å². The highest BCUT2D eigenvalue weighted by Gasteiger charge is 2.49. The van der Waals surface area contributed by atoms with Crippen molar-refractivity contribution in [3.8, 4) is 23.0 Å². The molecule has 2 N–H and O–H groups in total. The fourth-order valence-electron chi connectivity index (χ4n) is 8.77. The zero-order valence-corrected chi connectivity index (χ0v) is 31.8. The summed E-state index contributed by atoms with van der Waals surface area (Å²) in [6.45, 7) is 13.3. The van der Waals surface area contributed by atoms with Crippen LogP contribution in [0.2, 0.25) is 0 Å². The zero-order chi connectivity index (χ0) is 38.6. The Labute approximate surface area is 313 Å². The lowest BCUT2D eigenvalue weighted by molar-refractivity contribution is -0.171. The number of hydrogen-bond acceptors (Lipinski definition) is 10. The van der Waals surface area contributed by atoms with Crippen molar-refractivity contribution in [3.05, 3.63) is 47.7 Å². The van der Waals surface area contributed by atoms with E-state index in [1.807, 2.05) is 13.8 Å². The van der Waals surface area contributed by atoms with Crippen LogP contribution in [0.5, 0.6) is 11.8 Å². The first-order valence-corrected chi connectivity index (χ1v) is 18.8. The Morgan fingerprint density at radius 3 is 2.70 bits per heavy atom. The van der Waals surface area contributed by atoms with E-state index in [0.29, 0.717) is 48.6 Å². The Balaban J connectivity index is 1.25. The molecule has 5 heterocycles. The Morgan fingerprint density at radius 1 is 1.15 bits per heavy atom. The maximum absolute atomic E-state index is 17.0. The largest absolute Gasteiger partial charge is 0.508 e. The molecule has 3 atom stereocenters. The second-order valence-electron chi connectivity index (χ2n) is 16.8. The van der Waals surface area contributed by atoms with Crippen molar-refractivity contribution in [2.75, 3.05) is 38.2 Å². The first-order valence-electron chi connectivity index (χ1n) is 18.8. The third-order valence-electron chi connectivity index (χ3n) is 10.6. The van der Waals surface area contributed by atoms with Crippen molar-refractivity contribution in [1.29, 1.82) is 0 Å². The van der Waals surface area contributed by atoms with Gasteiger partial charge in [-0.2, -0.15) is 15.0 Å². The molecule has 11 nitrogen and oxygen atoms in total. The zero-order valence-electron chi connectivity index (χ0n) is 31.8. The predicted molar refractivity (Wildman–Crippen MR) is 199 cm³/mol. The number of phenols is 1. The molecular weight excluding hydrogens is 701 g/mol. The molecule has 2 aromatic heterocycles. The number of nitrogens with one attached hydrogen (secondary N) is 1. The van der Waals surface area contributed by atoms with E-state index in [9.17, 15) is 14.3 Å². The number of carbonyl (C=O) groups excluding carboxylic acids is 1. The summed E-state index contributed by atoms with van der Waals surface area (Å²) in [7, 11) is 0. The van der Waals surface area contributed by atoms with Crippen molar-refractivity contribution in [3.63, 3.8) is 0 Å². The van der Waals surface area contributed by atoms with Crippen molar-refractivity contribution in [2.45, 2.75) is 103 Å². The first-order chi connectivity index (χ1) is 25.5. The topological polar surface area (TPSA) is 122 Å². The molecule has 3 aliphatic heterocycles. The summed E-state index contributed by atoms with van der Waals surface area (Å²) < 4.78 is 58.7. The van der Waals surface area contributed by atoms with Crippen LogP contribution in [0.1, 0.15) is 79.2 Å². The van der Waals surface area contributed by atoms with Crippen LogP contribution in [0.3, 0.4) is 0 Å². The Kier molecular flexibility index (Phi) is 10.1. The quantitative estimate of drug-likeness (QED) is 0.174. The number of fused-ring (bicyclic) bond motifs is 3. The van der Waals surface area contributed by atoms with E-state index < -0.39 is 35.0 Å². The molecule has 3 fully saturated rings. The summed E-state index contributed by atoms with van der Waals surface area (Å²) in [4.78, 5) is 34.8. The predicted octanol–water partition coefficient (Wildman–Crippen LogP) is 8.12. The fraction of sp³-hybridized carbons (Fsp3) is 0.550. The van der Waals surface area contributed by atoms with Gasteiger partial charge in [0.1, 0.15) is 47.0 Å². The van der Waals surface area contributed by atoms with Crippen LogP contribution in [0, 0.1) is 17.0 Å². The van der Waals surface area contributed by atoms with Gasteiger partial charge in [-0.25, -0.2) is 18.0 Å². The molecule has 0 spiro atoms. The number of pyridine rings is 1. The number of hydrogen-bond donors (Lipinski definition) is 2. The summed E-state index contributed by atoms with van der Waals surface area (Å²) in [5.74, 6) is -1.17. The Hall–Kier alpha value is -4.43. The number of anilines is 1. The molecule has 7 rings (SSSR count). The molecule has 0 radical (unpaired) electrons. The summed E-state index contributed by atoms with van der Waals surface area (Å²) in [5.41, 5.74) is -0.978. The fourth-order valence-corrected chi connectivity index (χ4v) is 8.77. The summed E-state index contributed by atoms with van der Waals surface area (Å²) >= 11 is 0. The van der Waals surface area contributed by atoms with Gasteiger partial charge in [0.15, 0.2) is 5.82 Å². The van der Waals surface area contributed by atoms with Crippen molar-refractivity contribution < 1.29 is 37.4 Å². The molecule has 0 saturated carbocycles. The minimum atomic E-state index is -0.966. The van der Waals surface area contributed by atoms with Gasteiger partial charge in [0.05, 0.1) is 30.1 Å². The van der Waals surface area contributed by atoms with E-state index in [1.54, 1.807) is 6.92 Å². The van der Waals surface area contributed by atoms with Crippen LogP contribution < -0.4 is 10.1 Å². The lowest BCUT2D eigenvalue weighted by atomic mass is 9.84. The second kappa shape index (κ2) is 14.3. The monoisotopic (exact) mass is 750 g/mol. The van der Waals surface area contributed by atoms with Crippen LogP contribution >= 0.6 is 0 Å². The van der Waals surface area contributed by atoms with Gasteiger partial charge in [-0.1, -0.05) is 33.8 Å². The summed E-state index contributed by atoms with van der Waals surface area (Å²) in [5, 5.41) is 16.4. The highest BCUT2D eigenvalue weighted by atomic mass is 19.1. The van der Waals surface area contributed by atoms with E-state index >= 15 is 8.78 Å². The van der Waals surface area contributed by atoms with Crippen molar-refractivity contribution in [2.24, 2.45) is 5.41 Å². The lowest BCUT2D eigenvalue weighted by Gasteiger charge is -2.36. The smallest absolute Gasteiger partial charge is 0.434 e. The molecule has 4 aromatic rings. The van der Waals surface area contributed by atoms with E-state index in [1.165, 1.54) is 35.5 Å². The molecule has 2 aromatic carbocycles. The van der Waals surface area contributed by atoms with Gasteiger partial charge in [0, 0.05) is 24.7 Å². The molecule has 3 saturated heterocycles. The molecule has 290 valence electrons. The minimum Gasteiger partial charge on any atom is -0.508 e. The van der Waals surface area contributed by atoms with E-state index in [2.05, 4.69) is 45.9 Å². The number of hydroxylamine groups is 2. The summed E-state index contributed by atoms with van der Waals surface area (Å²) in [6, 6.07) is 5.24. The number of benzene rings is 2. The SMILES string of the molecule is CCc1c(F)ccc2cc(O)cc(-c3ncc4c(NC5CCON(C(=O)OC(C)(C)CC(C)(C)C)C5)nc(OC[C@@]56CCCN5C[C@H](F)C6)nc4c3F)c12. The first kappa shape index (κ1) is 37.9. The normalized spacial score (nSPS) is 22.2. The van der Waals surface area contributed by atoms with Gasteiger partial charge in [-0.15, -0.1) is 0 Å². The summed E-state index contributed by atoms with van der Waals surface area (Å²) in [6.07, 6.45) is 3.30. The number of alkyl halides is 1. The standard InChI is InChI=1S/C40H49F3N6O5/c1-7-27-30(42)10-9-23-15-26(50)16-28(31(23)27)33-32(43)34-29(18-44-33)35(47-36(46-34)52-22-40-12-8-13-48(40)19-24(41)17-40)45-25-11-14-53-49(20-25)37(51)54-39(5,6)21-38(2,3)4/h9-10,15-16,18,24-25,50H,7-8,11-14,17,19-22H2,1-6H3,(H,45,46,47)/t24-,25?,40+/m1/s1. The number of ether oxygens (including phenoxy) is 2. The van der Waals surface area contributed by atoms with Crippen LogP contribution in [-0.2, 0) is 16.0 Å². The molecule has 3 aliphatic rings. The van der Waals surface area contributed by atoms with E-state index in [0.717, 1.165) is 19.4 Å². The van der Waals surface area contributed by atoms with E-state index in [-0.39, 0.29) is 71.0 Å². The molecule has 14 heteroatoms. The number of nitrogens with zero attached hydrogens (tertiary/aromatic N) is 5. The number of aromatic nitrogens is 3. The van der Waals surface area contributed by atoms with Crippen molar-refractivity contribution >= 4 is 33.6 Å². The van der Waals surface area contributed by atoms with Crippen LogP contribution in [0.4, 0.5) is 23.8 Å². The number of halogens is 3. The number of phenolic OH excluding ortho intramolecular Hbond substituents is 1. The minimum absolute atomic E-state index is 0.0723. The van der Waals surface area contributed by atoms with Gasteiger partial charge < -0.3 is 19.9 Å². The number of carbonyl (C=O) groups is 1. The van der Waals surface area contributed by atoms with Gasteiger partial charge in [0.2, 0.25) is 0 Å². The van der Waals surface area contributed by atoms with Gasteiger partial charge in [-0.3, -0.25) is 14.7 Å². The molecule has 0 bridgehead atoms. The molecule has 1 unspecified atom stereocenters. The van der Waals surface area contributed by atoms with Gasteiger partial charge in [0.25, 0.3) is 0 Å². The average molecular weight is 751 g/mol. The molecule has 54 heavy (non-hydrogen) atoms. The Morgan fingerprint density at radius 2 is 1.94 bits per heavy atom. The van der Waals surface area contributed by atoms with Crippen LogP contribution in [-0.4, -0.2) is 92.3 Å². The molecule has 0 aliphatic carbocycles. The van der Waals surface area contributed by atoms with Crippen molar-refractivity contribution in [1.82, 2.24) is 24.9 Å². The second-order valence-corrected chi connectivity index (χ2v) is 16.8. The highest BCUT2D eigenvalue weighted by molar-refractivity contribution is 6.01. The molecule has 1 amide bonds. The van der Waals surface area contributed by atoms with Crippen LogP contribution in [0.25, 0.3) is 32.9 Å². The maximum atomic E-state index is 17.0. The van der Waals surface area contributed by atoms with E-state index in [4.69, 9.17) is 14.3 Å². The number of amides is 1. The lowest BCUT2D eigenvalue weighted by Crippen LogP contribution is -2.48.